The van der Waals surface area contributed by atoms with Gasteiger partial charge in [0.15, 0.2) is 12.2 Å². The van der Waals surface area contributed by atoms with Crippen molar-refractivity contribution in [2.75, 3.05) is 39.6 Å². The van der Waals surface area contributed by atoms with Crippen molar-refractivity contribution >= 4 is 39.5 Å². The van der Waals surface area contributed by atoms with E-state index in [1.807, 2.05) is 0 Å². The van der Waals surface area contributed by atoms with Gasteiger partial charge in [-0.3, -0.25) is 37.3 Å². The lowest BCUT2D eigenvalue weighted by Crippen LogP contribution is -2.30. The standard InChI is InChI=1S/C85H162O17P2/c1-8-9-10-11-12-13-14-15-22-30-35-40-45-54-61-69-85(90)102-81(73-96-83(88)67-60-53-48-47-51-58-65-78(6)7)75-100-104(93,94)98-71-79(86)70-97-103(91,92)99-74-80(72-95-82(87)66-59-52-44-39-34-29-25-21-20-24-28-33-38-43-50-57-64-77(4)5)101-84(89)68-62-55-46-41-36-31-26-19-17-16-18-23-27-32-37-42-49-56-63-76(2)3/h13-15,22,76-81,86H,8-12,16-21,23-75H2,1-7H3,(H,91,92)(H,93,94)/b14-13-,22-15-/t79-,80-,81-/m1/s1. The van der Waals surface area contributed by atoms with Crippen LogP contribution in [-0.2, 0) is 65.4 Å². The molecular formula is C85H162O17P2. The van der Waals surface area contributed by atoms with E-state index in [4.69, 9.17) is 37.0 Å². The highest BCUT2D eigenvalue weighted by Crippen LogP contribution is 2.45. The second-order valence-corrected chi connectivity index (χ2v) is 34.2. The zero-order chi connectivity index (χ0) is 76.5. The van der Waals surface area contributed by atoms with E-state index in [-0.39, 0.29) is 25.7 Å². The van der Waals surface area contributed by atoms with Crippen LogP contribution in [0.25, 0.3) is 0 Å². The summed E-state index contributed by atoms with van der Waals surface area (Å²) < 4.78 is 68.7. The van der Waals surface area contributed by atoms with E-state index < -0.39 is 97.5 Å². The summed E-state index contributed by atoms with van der Waals surface area (Å²) in [6.07, 6.45) is 67.7. The number of hydrogen-bond donors (Lipinski definition) is 3. The predicted molar refractivity (Wildman–Crippen MR) is 427 cm³/mol. The van der Waals surface area contributed by atoms with Crippen LogP contribution >= 0.6 is 15.6 Å². The number of esters is 4. The Kier molecular flexibility index (Phi) is 72.9. The fourth-order valence-electron chi connectivity index (χ4n) is 12.7. The van der Waals surface area contributed by atoms with Gasteiger partial charge in [-0.05, 0) is 69.1 Å². The van der Waals surface area contributed by atoms with Gasteiger partial charge in [0.05, 0.1) is 26.4 Å². The van der Waals surface area contributed by atoms with Crippen LogP contribution in [0.2, 0.25) is 0 Å². The van der Waals surface area contributed by atoms with Crippen molar-refractivity contribution in [3.05, 3.63) is 24.3 Å². The van der Waals surface area contributed by atoms with Gasteiger partial charge in [0, 0.05) is 25.7 Å². The van der Waals surface area contributed by atoms with Crippen LogP contribution in [0.5, 0.6) is 0 Å². The Bertz CT molecular complexity index is 2100. The second kappa shape index (κ2) is 74.6. The van der Waals surface area contributed by atoms with Gasteiger partial charge < -0.3 is 33.8 Å². The Labute approximate surface area is 637 Å². The maximum atomic E-state index is 13.1. The molecular weight excluding hydrogens is 1350 g/mol. The van der Waals surface area contributed by atoms with E-state index in [1.54, 1.807) is 0 Å². The number of rotatable bonds is 81. The molecule has 0 spiro atoms. The molecule has 0 bridgehead atoms. The van der Waals surface area contributed by atoms with Crippen LogP contribution < -0.4 is 0 Å². The Hall–Kier alpha value is -2.46. The SMILES string of the molecule is CCCCCC/C=C\C=C/CCCCCCCC(=O)O[C@H](COC(=O)CCCCCCCCC(C)C)COP(=O)(O)OC[C@H](O)COP(=O)(O)OC[C@@H](COC(=O)CCCCCCCCCCCCCCCCCCC(C)C)OC(=O)CCCCCCCCCCCCCCCCCCCCC(C)C. The van der Waals surface area contributed by atoms with Crippen LogP contribution in [-0.4, -0.2) is 96.7 Å². The van der Waals surface area contributed by atoms with Gasteiger partial charge in [0.25, 0.3) is 0 Å². The molecule has 104 heavy (non-hydrogen) atoms. The van der Waals surface area contributed by atoms with Crippen LogP contribution in [0.3, 0.4) is 0 Å². The molecule has 5 atom stereocenters. The molecule has 0 amide bonds. The number of ether oxygens (including phenoxy) is 4. The molecule has 0 aromatic carbocycles. The van der Waals surface area contributed by atoms with Gasteiger partial charge in [-0.15, -0.1) is 0 Å². The summed E-state index contributed by atoms with van der Waals surface area (Å²) in [7, 11) is -9.94. The third kappa shape index (κ3) is 77.7. The Morgan fingerprint density at radius 3 is 0.779 bits per heavy atom. The van der Waals surface area contributed by atoms with Crippen LogP contribution in [0, 0.1) is 17.8 Å². The molecule has 0 aliphatic carbocycles. The lowest BCUT2D eigenvalue weighted by atomic mass is 10.0. The van der Waals surface area contributed by atoms with E-state index in [2.05, 4.69) is 72.8 Å². The first kappa shape index (κ1) is 102. The molecule has 614 valence electrons. The minimum atomic E-state index is -4.97. The van der Waals surface area contributed by atoms with Crippen LogP contribution in [0.4, 0.5) is 0 Å². The molecule has 17 nitrogen and oxygen atoms in total. The normalized spacial score (nSPS) is 14.0. The second-order valence-electron chi connectivity index (χ2n) is 31.3. The van der Waals surface area contributed by atoms with Crippen molar-refractivity contribution in [1.82, 2.24) is 0 Å². The van der Waals surface area contributed by atoms with Gasteiger partial charge in [-0.2, -0.15) is 0 Å². The first-order valence-corrected chi connectivity index (χ1v) is 46.2. The van der Waals surface area contributed by atoms with Gasteiger partial charge >= 0.3 is 39.5 Å². The number of unbranched alkanes of at least 4 members (excludes halogenated alkanes) is 46. The molecule has 0 aliphatic rings. The molecule has 0 heterocycles. The lowest BCUT2D eigenvalue weighted by Gasteiger charge is -2.21. The third-order valence-corrected chi connectivity index (χ3v) is 21.2. The third-order valence-electron chi connectivity index (χ3n) is 19.3. The summed E-state index contributed by atoms with van der Waals surface area (Å²) in [6.45, 7) is 11.9. The Balaban J connectivity index is 5.24. The topological polar surface area (TPSA) is 237 Å². The molecule has 0 aromatic rings. The Morgan fingerprint density at radius 1 is 0.298 bits per heavy atom. The number of aliphatic hydroxyl groups excluding tert-OH is 1. The molecule has 0 saturated carbocycles. The number of allylic oxidation sites excluding steroid dienone is 4. The van der Waals surface area contributed by atoms with Crippen molar-refractivity contribution < 1.29 is 80.2 Å². The summed E-state index contributed by atoms with van der Waals surface area (Å²) in [6, 6.07) is 0. The summed E-state index contributed by atoms with van der Waals surface area (Å²) in [5.74, 6) is 0.167. The molecule has 3 N–H and O–H groups in total. The minimum Gasteiger partial charge on any atom is -0.462 e. The summed E-state index contributed by atoms with van der Waals surface area (Å²) >= 11 is 0. The molecule has 0 saturated heterocycles. The number of hydrogen-bond acceptors (Lipinski definition) is 15. The lowest BCUT2D eigenvalue weighted by molar-refractivity contribution is -0.161. The van der Waals surface area contributed by atoms with E-state index in [0.717, 1.165) is 121 Å². The Morgan fingerprint density at radius 2 is 0.519 bits per heavy atom. The maximum absolute atomic E-state index is 13.1. The molecule has 2 unspecified atom stereocenters. The van der Waals surface area contributed by atoms with Gasteiger partial charge in [-0.1, -0.05) is 368 Å². The smallest absolute Gasteiger partial charge is 0.462 e. The van der Waals surface area contributed by atoms with Crippen molar-refractivity contribution in [3.63, 3.8) is 0 Å². The summed E-state index contributed by atoms with van der Waals surface area (Å²) in [4.78, 5) is 73.1. The monoisotopic (exact) mass is 1520 g/mol. The van der Waals surface area contributed by atoms with Crippen molar-refractivity contribution in [3.8, 4) is 0 Å². The molecule has 0 radical (unpaired) electrons. The zero-order valence-corrected chi connectivity index (χ0v) is 69.8. The highest BCUT2D eigenvalue weighted by atomic mass is 31.2. The van der Waals surface area contributed by atoms with E-state index >= 15 is 0 Å². The van der Waals surface area contributed by atoms with E-state index in [1.165, 1.54) is 212 Å². The molecule has 0 aliphatic heterocycles. The van der Waals surface area contributed by atoms with Gasteiger partial charge in [-0.25, -0.2) is 9.13 Å². The number of aliphatic hydroxyl groups is 1. The van der Waals surface area contributed by atoms with Crippen molar-refractivity contribution in [1.29, 1.82) is 0 Å². The zero-order valence-electron chi connectivity index (χ0n) is 68.0. The first-order valence-electron chi connectivity index (χ1n) is 43.2. The van der Waals surface area contributed by atoms with E-state index in [9.17, 15) is 43.2 Å². The molecule has 0 rings (SSSR count). The van der Waals surface area contributed by atoms with Gasteiger partial charge in [0.1, 0.15) is 19.3 Å². The average Bonchev–Trinajstić information content (AvgIpc) is 0.904. The quantitative estimate of drug-likeness (QED) is 0.0169. The number of carbonyl (C=O) groups is 4. The van der Waals surface area contributed by atoms with E-state index in [0.29, 0.717) is 31.6 Å². The summed E-state index contributed by atoms with van der Waals surface area (Å²) in [5.41, 5.74) is 0. The number of phosphoric acid groups is 2. The maximum Gasteiger partial charge on any atom is 0.472 e. The first-order chi connectivity index (χ1) is 50.2. The predicted octanol–water partition coefficient (Wildman–Crippen LogP) is 25.3. The molecule has 19 heteroatoms. The fourth-order valence-corrected chi connectivity index (χ4v) is 14.2. The highest BCUT2D eigenvalue weighted by Gasteiger charge is 2.30. The largest absolute Gasteiger partial charge is 0.472 e. The van der Waals surface area contributed by atoms with Gasteiger partial charge in [0.2, 0.25) is 0 Å². The van der Waals surface area contributed by atoms with Crippen LogP contribution in [0.1, 0.15) is 421 Å². The molecule has 0 aromatic heterocycles. The fraction of sp³-hybridized carbons (Fsp3) is 0.906. The number of carbonyl (C=O) groups excluding carboxylic acids is 4. The van der Waals surface area contributed by atoms with Crippen molar-refractivity contribution in [2.24, 2.45) is 17.8 Å². The van der Waals surface area contributed by atoms with Crippen LogP contribution in [0.15, 0.2) is 24.3 Å². The summed E-state index contributed by atoms with van der Waals surface area (Å²) in [5, 5.41) is 10.7. The van der Waals surface area contributed by atoms with Crippen molar-refractivity contribution in [2.45, 2.75) is 439 Å². The molecule has 0 fully saturated rings. The highest BCUT2D eigenvalue weighted by molar-refractivity contribution is 7.47. The number of phosphoric ester groups is 2. The minimum absolute atomic E-state index is 0.0840. The average molecular weight is 1520 g/mol.